The number of esters is 1. The van der Waals surface area contributed by atoms with E-state index in [0.717, 1.165) is 5.56 Å². The molecule has 0 fully saturated rings. The van der Waals surface area contributed by atoms with Gasteiger partial charge in [0.15, 0.2) is 0 Å². The summed E-state index contributed by atoms with van der Waals surface area (Å²) in [6.45, 7) is 3.10. The lowest BCUT2D eigenvalue weighted by Gasteiger charge is -2.04. The van der Waals surface area contributed by atoms with Gasteiger partial charge in [-0.15, -0.1) is 0 Å². The normalized spacial score (nSPS) is 10.9. The Bertz CT molecular complexity index is 694. The molecular formula is C16H15N3O3. The highest BCUT2D eigenvalue weighted by Gasteiger charge is 2.05. The third-order valence-corrected chi connectivity index (χ3v) is 2.76. The van der Waals surface area contributed by atoms with E-state index >= 15 is 0 Å². The van der Waals surface area contributed by atoms with Gasteiger partial charge in [0.2, 0.25) is 0 Å². The predicted molar refractivity (Wildman–Crippen MR) is 81.7 cm³/mol. The second-order valence-electron chi connectivity index (χ2n) is 4.47. The van der Waals surface area contributed by atoms with E-state index in [1.54, 1.807) is 55.6 Å². The summed E-state index contributed by atoms with van der Waals surface area (Å²) in [5, 5.41) is 4.03. The van der Waals surface area contributed by atoms with Crippen molar-refractivity contribution in [2.75, 3.05) is 0 Å². The maximum atomic E-state index is 11.8. The monoisotopic (exact) mass is 297 g/mol. The highest BCUT2D eigenvalue weighted by Crippen LogP contribution is 2.13. The van der Waals surface area contributed by atoms with E-state index in [-0.39, 0.29) is 11.9 Å². The van der Waals surface area contributed by atoms with Crippen LogP contribution in [0.2, 0.25) is 0 Å². The standard InChI is InChI=1S/C16H15N3O3/c1-11(13-6-8-14(9-7-13)22-12(2)20)18-19-16(21)15-5-3-4-10-17-15/h3-10H,1-2H3,(H,19,21)/b18-11-. The van der Waals surface area contributed by atoms with E-state index in [2.05, 4.69) is 15.5 Å². The summed E-state index contributed by atoms with van der Waals surface area (Å²) in [6, 6.07) is 11.9. The van der Waals surface area contributed by atoms with Crippen LogP contribution in [0.4, 0.5) is 0 Å². The van der Waals surface area contributed by atoms with Crippen LogP contribution in [0, 0.1) is 0 Å². The average Bonchev–Trinajstić information content (AvgIpc) is 2.53. The van der Waals surface area contributed by atoms with Gasteiger partial charge in [-0.05, 0) is 48.9 Å². The van der Waals surface area contributed by atoms with Crippen LogP contribution in [0.25, 0.3) is 0 Å². The Balaban J connectivity index is 2.03. The van der Waals surface area contributed by atoms with Crippen molar-refractivity contribution in [1.29, 1.82) is 0 Å². The molecule has 2 aromatic rings. The molecule has 0 aliphatic carbocycles. The maximum absolute atomic E-state index is 11.8. The highest BCUT2D eigenvalue weighted by molar-refractivity contribution is 6.00. The molecule has 0 bridgehead atoms. The molecule has 0 saturated carbocycles. The van der Waals surface area contributed by atoms with Gasteiger partial charge in [0.05, 0.1) is 5.71 Å². The van der Waals surface area contributed by atoms with Crippen molar-refractivity contribution >= 4 is 17.6 Å². The summed E-state index contributed by atoms with van der Waals surface area (Å²) in [4.78, 5) is 26.6. The fourth-order valence-corrected chi connectivity index (χ4v) is 1.68. The fraction of sp³-hybridized carbons (Fsp3) is 0.125. The molecule has 1 N–H and O–H groups in total. The molecule has 1 heterocycles. The first-order valence-corrected chi connectivity index (χ1v) is 6.61. The van der Waals surface area contributed by atoms with Crippen molar-refractivity contribution < 1.29 is 14.3 Å². The van der Waals surface area contributed by atoms with Gasteiger partial charge in [-0.3, -0.25) is 14.6 Å². The van der Waals surface area contributed by atoms with Crippen molar-refractivity contribution in [1.82, 2.24) is 10.4 Å². The lowest BCUT2D eigenvalue weighted by molar-refractivity contribution is -0.131. The summed E-state index contributed by atoms with van der Waals surface area (Å²) < 4.78 is 4.95. The molecule has 0 aliphatic heterocycles. The number of pyridine rings is 1. The number of hydrogen-bond donors (Lipinski definition) is 1. The van der Waals surface area contributed by atoms with Crippen LogP contribution in [0.3, 0.4) is 0 Å². The number of rotatable bonds is 4. The Labute approximate surface area is 127 Å². The van der Waals surface area contributed by atoms with E-state index < -0.39 is 0 Å². The molecule has 0 radical (unpaired) electrons. The van der Waals surface area contributed by atoms with Crippen LogP contribution in [-0.4, -0.2) is 22.6 Å². The van der Waals surface area contributed by atoms with E-state index in [1.165, 1.54) is 6.92 Å². The molecule has 0 unspecified atom stereocenters. The molecule has 1 aromatic heterocycles. The Morgan fingerprint density at radius 2 is 1.82 bits per heavy atom. The van der Waals surface area contributed by atoms with Crippen molar-refractivity contribution in [3.63, 3.8) is 0 Å². The van der Waals surface area contributed by atoms with Crippen molar-refractivity contribution in [3.8, 4) is 5.75 Å². The highest BCUT2D eigenvalue weighted by atomic mass is 16.5. The number of carbonyl (C=O) groups is 2. The van der Waals surface area contributed by atoms with Gasteiger partial charge >= 0.3 is 5.97 Å². The molecule has 0 aliphatic rings. The molecule has 22 heavy (non-hydrogen) atoms. The van der Waals surface area contributed by atoms with Gasteiger partial charge in [0, 0.05) is 13.1 Å². The first kappa shape index (κ1) is 15.4. The van der Waals surface area contributed by atoms with Crippen molar-refractivity contribution in [2.24, 2.45) is 5.10 Å². The zero-order chi connectivity index (χ0) is 15.9. The molecule has 2 rings (SSSR count). The van der Waals surface area contributed by atoms with Crippen LogP contribution < -0.4 is 10.2 Å². The summed E-state index contributed by atoms with van der Waals surface area (Å²) in [5.74, 6) is -0.293. The summed E-state index contributed by atoms with van der Waals surface area (Å²) in [6.07, 6.45) is 1.54. The molecule has 0 spiro atoms. The third-order valence-electron chi connectivity index (χ3n) is 2.76. The average molecular weight is 297 g/mol. The summed E-state index contributed by atoms with van der Waals surface area (Å²) in [7, 11) is 0. The van der Waals surface area contributed by atoms with Gasteiger partial charge in [0.1, 0.15) is 11.4 Å². The number of amides is 1. The number of hydrazone groups is 1. The molecule has 1 amide bonds. The summed E-state index contributed by atoms with van der Waals surface area (Å²) in [5.41, 5.74) is 4.17. The minimum Gasteiger partial charge on any atom is -0.427 e. The molecule has 6 heteroatoms. The SMILES string of the molecule is CC(=O)Oc1ccc(/C(C)=N\NC(=O)c2ccccn2)cc1. The quantitative estimate of drug-likeness (QED) is 0.406. The van der Waals surface area contributed by atoms with Crippen LogP contribution >= 0.6 is 0 Å². The number of aromatic nitrogens is 1. The van der Waals surface area contributed by atoms with E-state index in [9.17, 15) is 9.59 Å². The molecule has 1 aromatic carbocycles. The lowest BCUT2D eigenvalue weighted by Crippen LogP contribution is -2.20. The van der Waals surface area contributed by atoms with Crippen LogP contribution in [-0.2, 0) is 4.79 Å². The van der Waals surface area contributed by atoms with Gasteiger partial charge in [0.25, 0.3) is 5.91 Å². The Kier molecular flexibility index (Phi) is 4.98. The third kappa shape index (κ3) is 4.24. The largest absolute Gasteiger partial charge is 0.427 e. The van der Waals surface area contributed by atoms with E-state index in [0.29, 0.717) is 17.2 Å². The van der Waals surface area contributed by atoms with Crippen molar-refractivity contribution in [2.45, 2.75) is 13.8 Å². The zero-order valence-corrected chi connectivity index (χ0v) is 12.2. The summed E-state index contributed by atoms with van der Waals surface area (Å²) >= 11 is 0. The second-order valence-corrected chi connectivity index (χ2v) is 4.47. The molecule has 6 nitrogen and oxygen atoms in total. The smallest absolute Gasteiger partial charge is 0.308 e. The van der Waals surface area contributed by atoms with Crippen LogP contribution in [0.15, 0.2) is 53.8 Å². The van der Waals surface area contributed by atoms with Gasteiger partial charge in [-0.25, -0.2) is 5.43 Å². The minimum atomic E-state index is -0.378. The first-order valence-electron chi connectivity index (χ1n) is 6.61. The number of benzene rings is 1. The van der Waals surface area contributed by atoms with E-state index in [4.69, 9.17) is 4.74 Å². The first-order chi connectivity index (χ1) is 10.6. The molecule has 0 saturated heterocycles. The predicted octanol–water partition coefficient (Wildman–Crippen LogP) is 2.16. The minimum absolute atomic E-state index is 0.296. The molecule has 112 valence electrons. The van der Waals surface area contributed by atoms with Crippen LogP contribution in [0.1, 0.15) is 29.9 Å². The topological polar surface area (TPSA) is 80.6 Å². The maximum Gasteiger partial charge on any atom is 0.308 e. The number of nitrogens with one attached hydrogen (secondary N) is 1. The number of ether oxygens (including phenoxy) is 1. The van der Waals surface area contributed by atoms with Crippen molar-refractivity contribution in [3.05, 3.63) is 59.9 Å². The number of hydrogen-bond acceptors (Lipinski definition) is 5. The Morgan fingerprint density at radius 1 is 1.09 bits per heavy atom. The van der Waals surface area contributed by atoms with Gasteiger partial charge in [-0.1, -0.05) is 6.07 Å². The zero-order valence-electron chi connectivity index (χ0n) is 12.2. The molecule has 0 atom stereocenters. The second kappa shape index (κ2) is 7.12. The Hall–Kier alpha value is -3.02. The molecular weight excluding hydrogens is 282 g/mol. The Morgan fingerprint density at radius 3 is 2.41 bits per heavy atom. The van der Waals surface area contributed by atoms with Gasteiger partial charge < -0.3 is 4.74 Å². The fourth-order valence-electron chi connectivity index (χ4n) is 1.68. The van der Waals surface area contributed by atoms with E-state index in [1.807, 2.05) is 0 Å². The van der Waals surface area contributed by atoms with Gasteiger partial charge in [-0.2, -0.15) is 5.10 Å². The lowest BCUT2D eigenvalue weighted by atomic mass is 10.1. The number of nitrogens with zero attached hydrogens (tertiary/aromatic N) is 2. The number of carbonyl (C=O) groups excluding carboxylic acids is 2. The van der Waals surface area contributed by atoms with Crippen LogP contribution in [0.5, 0.6) is 5.75 Å².